The van der Waals surface area contributed by atoms with Gasteiger partial charge in [0, 0.05) is 12.2 Å². The second-order valence-electron chi connectivity index (χ2n) is 3.82. The summed E-state index contributed by atoms with van der Waals surface area (Å²) in [5, 5.41) is 2.54. The summed E-state index contributed by atoms with van der Waals surface area (Å²) >= 11 is 0. The molecular weight excluding hydrogens is 190 g/mol. The van der Waals surface area contributed by atoms with Crippen molar-refractivity contribution < 1.29 is 4.79 Å². The Kier molecular flexibility index (Phi) is 2.87. The first-order chi connectivity index (χ1) is 7.24. The monoisotopic (exact) mass is 205 g/mol. The lowest BCUT2D eigenvalue weighted by Gasteiger charge is -2.30. The number of likely N-dealkylation sites (tertiary alicyclic amines) is 1. The molecule has 4 heteroatoms. The van der Waals surface area contributed by atoms with Crippen molar-refractivity contribution in [2.75, 3.05) is 18.4 Å². The maximum Gasteiger partial charge on any atom is 0.316 e. The van der Waals surface area contributed by atoms with Crippen molar-refractivity contribution in [1.82, 2.24) is 4.90 Å². The number of rotatable bonds is 3. The van der Waals surface area contributed by atoms with E-state index in [9.17, 15) is 4.79 Å². The maximum atomic E-state index is 10.6. The van der Waals surface area contributed by atoms with E-state index in [1.54, 1.807) is 0 Å². The van der Waals surface area contributed by atoms with Crippen molar-refractivity contribution in [2.45, 2.75) is 13.0 Å². The number of nitrogens with zero attached hydrogens (tertiary/aromatic N) is 1. The number of benzene rings is 1. The fourth-order valence-electron chi connectivity index (χ4n) is 1.63. The van der Waals surface area contributed by atoms with Gasteiger partial charge in [0.2, 0.25) is 0 Å². The fourth-order valence-corrected chi connectivity index (χ4v) is 1.63. The molecule has 2 amide bonds. The third-order valence-corrected chi connectivity index (χ3v) is 2.58. The Balaban J connectivity index is 1.93. The molecule has 1 aliphatic rings. The summed E-state index contributed by atoms with van der Waals surface area (Å²) in [4.78, 5) is 13.0. The molecule has 0 aromatic heterocycles. The van der Waals surface area contributed by atoms with E-state index in [-0.39, 0.29) is 0 Å². The summed E-state index contributed by atoms with van der Waals surface area (Å²) in [6.07, 6.45) is 1.31. The molecule has 1 aliphatic heterocycles. The second-order valence-corrected chi connectivity index (χ2v) is 3.82. The molecule has 80 valence electrons. The van der Waals surface area contributed by atoms with E-state index in [1.807, 2.05) is 24.3 Å². The highest BCUT2D eigenvalue weighted by Crippen LogP contribution is 2.14. The highest BCUT2D eigenvalue weighted by molar-refractivity contribution is 5.87. The van der Waals surface area contributed by atoms with E-state index >= 15 is 0 Å². The third-order valence-electron chi connectivity index (χ3n) is 2.58. The van der Waals surface area contributed by atoms with Crippen LogP contribution in [0, 0.1) is 0 Å². The standard InChI is InChI=1S/C11H15N3O/c12-11(15)13-10-4-2-9(3-5-10)8-14-6-1-7-14/h2-5H,1,6-8H2,(H3,12,13,15). The molecule has 1 heterocycles. The number of nitrogens with two attached hydrogens (primary N) is 1. The van der Waals surface area contributed by atoms with Crippen molar-refractivity contribution in [3.63, 3.8) is 0 Å². The number of hydrogen-bond donors (Lipinski definition) is 2. The molecule has 2 rings (SSSR count). The Morgan fingerprint density at radius 3 is 2.47 bits per heavy atom. The molecule has 1 saturated heterocycles. The Hall–Kier alpha value is -1.55. The van der Waals surface area contributed by atoms with E-state index < -0.39 is 6.03 Å². The quantitative estimate of drug-likeness (QED) is 0.783. The summed E-state index contributed by atoms with van der Waals surface area (Å²) in [5.74, 6) is 0. The van der Waals surface area contributed by atoms with Gasteiger partial charge in [-0.15, -0.1) is 0 Å². The fraction of sp³-hybridized carbons (Fsp3) is 0.364. The summed E-state index contributed by atoms with van der Waals surface area (Å²) in [5.41, 5.74) is 7.03. The van der Waals surface area contributed by atoms with Crippen LogP contribution in [0.5, 0.6) is 0 Å². The van der Waals surface area contributed by atoms with Gasteiger partial charge in [0.1, 0.15) is 0 Å². The van der Waals surface area contributed by atoms with Gasteiger partial charge >= 0.3 is 6.03 Å². The average molecular weight is 205 g/mol. The number of urea groups is 1. The van der Waals surface area contributed by atoms with E-state index in [0.717, 1.165) is 12.2 Å². The predicted molar refractivity (Wildman–Crippen MR) is 59.5 cm³/mol. The van der Waals surface area contributed by atoms with Crippen LogP contribution in [0.1, 0.15) is 12.0 Å². The number of hydrogen-bond acceptors (Lipinski definition) is 2. The molecule has 0 radical (unpaired) electrons. The molecule has 0 unspecified atom stereocenters. The number of anilines is 1. The molecule has 15 heavy (non-hydrogen) atoms. The van der Waals surface area contributed by atoms with Crippen molar-refractivity contribution in [3.8, 4) is 0 Å². The average Bonchev–Trinajstić information content (AvgIpc) is 2.13. The van der Waals surface area contributed by atoms with Gasteiger partial charge < -0.3 is 11.1 Å². The number of nitrogens with one attached hydrogen (secondary N) is 1. The second kappa shape index (κ2) is 4.31. The number of amides is 2. The van der Waals surface area contributed by atoms with Crippen molar-refractivity contribution in [3.05, 3.63) is 29.8 Å². The van der Waals surface area contributed by atoms with Crippen LogP contribution in [0.4, 0.5) is 10.5 Å². The first kappa shape index (κ1) is 9.98. The predicted octanol–water partition coefficient (Wildman–Crippen LogP) is 1.38. The molecule has 1 fully saturated rings. The smallest absolute Gasteiger partial charge is 0.316 e. The molecule has 3 N–H and O–H groups in total. The molecule has 1 aromatic carbocycles. The van der Waals surface area contributed by atoms with E-state index in [0.29, 0.717) is 0 Å². The van der Waals surface area contributed by atoms with Gasteiger partial charge in [-0.2, -0.15) is 0 Å². The van der Waals surface area contributed by atoms with Crippen molar-refractivity contribution in [2.24, 2.45) is 5.73 Å². The molecule has 0 spiro atoms. The molecular formula is C11H15N3O. The first-order valence-electron chi connectivity index (χ1n) is 5.12. The first-order valence-corrected chi connectivity index (χ1v) is 5.12. The zero-order chi connectivity index (χ0) is 10.7. The largest absolute Gasteiger partial charge is 0.351 e. The number of primary amides is 1. The normalized spacial score (nSPS) is 15.7. The van der Waals surface area contributed by atoms with Gasteiger partial charge in [0.15, 0.2) is 0 Å². The zero-order valence-electron chi connectivity index (χ0n) is 8.57. The van der Waals surface area contributed by atoms with Crippen LogP contribution in [0.15, 0.2) is 24.3 Å². The number of carbonyl (C=O) groups excluding carboxylic acids is 1. The van der Waals surface area contributed by atoms with Crippen LogP contribution in [-0.4, -0.2) is 24.0 Å². The van der Waals surface area contributed by atoms with Gasteiger partial charge in [-0.3, -0.25) is 4.90 Å². The van der Waals surface area contributed by atoms with Crippen LogP contribution in [0.25, 0.3) is 0 Å². The van der Waals surface area contributed by atoms with Crippen LogP contribution in [-0.2, 0) is 6.54 Å². The maximum absolute atomic E-state index is 10.6. The van der Waals surface area contributed by atoms with Crippen LogP contribution in [0.2, 0.25) is 0 Å². The molecule has 1 aromatic rings. The Morgan fingerprint density at radius 1 is 1.33 bits per heavy atom. The van der Waals surface area contributed by atoms with E-state index in [2.05, 4.69) is 10.2 Å². The lowest BCUT2D eigenvalue weighted by Crippen LogP contribution is -2.36. The molecule has 0 bridgehead atoms. The Labute approximate surface area is 89.1 Å². The Bertz CT molecular complexity index is 343. The highest BCUT2D eigenvalue weighted by atomic mass is 16.2. The van der Waals surface area contributed by atoms with Gasteiger partial charge in [-0.25, -0.2) is 4.79 Å². The van der Waals surface area contributed by atoms with Gasteiger partial charge in [-0.1, -0.05) is 12.1 Å². The SMILES string of the molecule is NC(=O)Nc1ccc(CN2CCC2)cc1. The van der Waals surface area contributed by atoms with Crippen molar-refractivity contribution in [1.29, 1.82) is 0 Å². The molecule has 0 atom stereocenters. The summed E-state index contributed by atoms with van der Waals surface area (Å²) in [6.45, 7) is 3.39. The number of carbonyl (C=O) groups is 1. The minimum atomic E-state index is -0.523. The van der Waals surface area contributed by atoms with Gasteiger partial charge in [0.05, 0.1) is 0 Å². The van der Waals surface area contributed by atoms with Crippen molar-refractivity contribution >= 4 is 11.7 Å². The molecule has 0 aliphatic carbocycles. The van der Waals surface area contributed by atoms with Gasteiger partial charge in [-0.05, 0) is 37.2 Å². The molecule has 4 nitrogen and oxygen atoms in total. The topological polar surface area (TPSA) is 58.4 Å². The summed E-state index contributed by atoms with van der Waals surface area (Å²) in [6, 6.07) is 7.26. The van der Waals surface area contributed by atoms with Crippen LogP contribution in [0.3, 0.4) is 0 Å². The zero-order valence-corrected chi connectivity index (χ0v) is 8.57. The highest BCUT2D eigenvalue weighted by Gasteiger charge is 2.13. The minimum absolute atomic E-state index is 0.523. The van der Waals surface area contributed by atoms with Crippen LogP contribution < -0.4 is 11.1 Å². The lowest BCUT2D eigenvalue weighted by atomic mass is 10.1. The lowest BCUT2D eigenvalue weighted by molar-refractivity contribution is 0.172. The third kappa shape index (κ3) is 2.70. The summed E-state index contributed by atoms with van der Waals surface area (Å²) < 4.78 is 0. The van der Waals surface area contributed by atoms with Crippen LogP contribution >= 0.6 is 0 Å². The minimum Gasteiger partial charge on any atom is -0.351 e. The summed E-state index contributed by atoms with van der Waals surface area (Å²) in [7, 11) is 0. The molecule has 0 saturated carbocycles. The van der Waals surface area contributed by atoms with E-state index in [4.69, 9.17) is 5.73 Å². The Morgan fingerprint density at radius 2 is 2.00 bits per heavy atom. The van der Waals surface area contributed by atoms with Gasteiger partial charge in [0.25, 0.3) is 0 Å². The van der Waals surface area contributed by atoms with E-state index in [1.165, 1.54) is 25.1 Å².